The van der Waals surface area contributed by atoms with Gasteiger partial charge in [0.15, 0.2) is 11.5 Å². The number of aromatic hydroxyl groups is 1. The Morgan fingerprint density at radius 1 is 0.864 bits per heavy atom. The first-order valence-corrected chi connectivity index (χ1v) is 6.95. The molecule has 22 heavy (non-hydrogen) atoms. The first-order chi connectivity index (χ1) is 10.6. The van der Waals surface area contributed by atoms with E-state index in [1.165, 1.54) is 0 Å². The number of methoxy groups -OCH3 is 3. The van der Waals surface area contributed by atoms with Crippen molar-refractivity contribution >= 4 is 5.69 Å². The maximum atomic E-state index is 9.65. The van der Waals surface area contributed by atoms with Crippen LogP contribution in [0.3, 0.4) is 0 Å². The smallest absolute Gasteiger partial charge is 0.203 e. The molecule has 2 aromatic rings. The second kappa shape index (κ2) is 6.93. The topological polar surface area (TPSA) is 73.9 Å². The van der Waals surface area contributed by atoms with Crippen LogP contribution >= 0.6 is 0 Å². The average molecular weight is 303 g/mol. The number of ether oxygens (including phenoxy) is 3. The minimum absolute atomic E-state index is 0.113. The van der Waals surface area contributed by atoms with E-state index in [4.69, 9.17) is 19.9 Å². The summed E-state index contributed by atoms with van der Waals surface area (Å²) in [7, 11) is 4.77. The molecule has 5 heteroatoms. The highest BCUT2D eigenvalue weighted by Crippen LogP contribution is 2.38. The van der Waals surface area contributed by atoms with E-state index in [-0.39, 0.29) is 5.75 Å². The fraction of sp³-hybridized carbons (Fsp3) is 0.294. The van der Waals surface area contributed by atoms with Crippen LogP contribution in [0.15, 0.2) is 30.3 Å². The number of hydrogen-bond acceptors (Lipinski definition) is 5. The van der Waals surface area contributed by atoms with Crippen LogP contribution in [0, 0.1) is 0 Å². The SMILES string of the molecule is COc1cc(CCc2ccc(N)c(O)c2)cc(OC)c1OC. The van der Waals surface area contributed by atoms with E-state index < -0.39 is 0 Å². The van der Waals surface area contributed by atoms with Gasteiger partial charge in [-0.1, -0.05) is 6.07 Å². The van der Waals surface area contributed by atoms with Crippen molar-refractivity contribution in [3.63, 3.8) is 0 Å². The van der Waals surface area contributed by atoms with Gasteiger partial charge in [-0.2, -0.15) is 0 Å². The standard InChI is InChI=1S/C17H21NO4/c1-20-15-9-12(10-16(21-2)17(15)22-3)5-4-11-6-7-13(18)14(19)8-11/h6-10,19H,4-5,18H2,1-3H3. The lowest BCUT2D eigenvalue weighted by atomic mass is 10.0. The second-order valence-electron chi connectivity index (χ2n) is 4.93. The van der Waals surface area contributed by atoms with Gasteiger partial charge in [0.2, 0.25) is 5.75 Å². The molecule has 0 fully saturated rings. The van der Waals surface area contributed by atoms with Gasteiger partial charge >= 0.3 is 0 Å². The third-order valence-corrected chi connectivity index (χ3v) is 3.52. The largest absolute Gasteiger partial charge is 0.506 e. The van der Waals surface area contributed by atoms with E-state index >= 15 is 0 Å². The zero-order valence-electron chi connectivity index (χ0n) is 13.1. The third kappa shape index (κ3) is 3.36. The average Bonchev–Trinajstić information content (AvgIpc) is 2.54. The summed E-state index contributed by atoms with van der Waals surface area (Å²) in [6.07, 6.45) is 1.55. The first-order valence-electron chi connectivity index (χ1n) is 6.95. The Morgan fingerprint density at radius 2 is 1.45 bits per heavy atom. The summed E-state index contributed by atoms with van der Waals surface area (Å²) < 4.78 is 16.0. The van der Waals surface area contributed by atoms with Gasteiger partial charge < -0.3 is 25.1 Å². The molecule has 0 bridgehead atoms. The van der Waals surface area contributed by atoms with Crippen LogP contribution in [-0.2, 0) is 12.8 Å². The van der Waals surface area contributed by atoms with Gasteiger partial charge in [0.05, 0.1) is 27.0 Å². The number of phenols is 1. The molecule has 0 atom stereocenters. The summed E-state index contributed by atoms with van der Waals surface area (Å²) in [4.78, 5) is 0. The van der Waals surface area contributed by atoms with E-state index in [0.717, 1.165) is 24.0 Å². The molecule has 5 nitrogen and oxygen atoms in total. The van der Waals surface area contributed by atoms with Gasteiger partial charge in [0.1, 0.15) is 5.75 Å². The predicted molar refractivity (Wildman–Crippen MR) is 86.0 cm³/mol. The van der Waals surface area contributed by atoms with Crippen molar-refractivity contribution in [3.05, 3.63) is 41.5 Å². The fourth-order valence-electron chi connectivity index (χ4n) is 2.31. The van der Waals surface area contributed by atoms with Gasteiger partial charge in [-0.05, 0) is 48.2 Å². The van der Waals surface area contributed by atoms with Crippen molar-refractivity contribution in [2.75, 3.05) is 27.1 Å². The van der Waals surface area contributed by atoms with Crippen molar-refractivity contribution in [2.24, 2.45) is 0 Å². The quantitative estimate of drug-likeness (QED) is 0.634. The number of benzene rings is 2. The summed E-state index contributed by atoms with van der Waals surface area (Å²) in [5, 5.41) is 9.65. The van der Waals surface area contributed by atoms with Crippen LogP contribution in [0.1, 0.15) is 11.1 Å². The van der Waals surface area contributed by atoms with Gasteiger partial charge in [0, 0.05) is 0 Å². The Morgan fingerprint density at radius 3 is 1.95 bits per heavy atom. The summed E-state index contributed by atoms with van der Waals surface area (Å²) in [5.41, 5.74) is 8.07. The highest BCUT2D eigenvalue weighted by atomic mass is 16.5. The molecule has 0 aliphatic rings. The van der Waals surface area contributed by atoms with Crippen molar-refractivity contribution in [1.82, 2.24) is 0 Å². The summed E-state index contributed by atoms with van der Waals surface area (Å²) in [5.74, 6) is 1.97. The third-order valence-electron chi connectivity index (χ3n) is 3.52. The number of aryl methyl sites for hydroxylation is 2. The zero-order valence-corrected chi connectivity index (χ0v) is 13.1. The van der Waals surface area contributed by atoms with Gasteiger partial charge in [-0.25, -0.2) is 0 Å². The number of anilines is 1. The van der Waals surface area contributed by atoms with Crippen molar-refractivity contribution in [1.29, 1.82) is 0 Å². The van der Waals surface area contributed by atoms with E-state index in [9.17, 15) is 5.11 Å². The van der Waals surface area contributed by atoms with Crippen LogP contribution in [0.5, 0.6) is 23.0 Å². The molecule has 0 heterocycles. The Labute approximate surface area is 130 Å². The molecule has 0 amide bonds. The Balaban J connectivity index is 2.20. The number of hydrogen-bond donors (Lipinski definition) is 2. The molecule has 0 saturated carbocycles. The van der Waals surface area contributed by atoms with Crippen molar-refractivity contribution in [2.45, 2.75) is 12.8 Å². The number of nitrogen functional groups attached to an aromatic ring is 1. The molecular weight excluding hydrogens is 282 g/mol. The number of rotatable bonds is 6. The van der Waals surface area contributed by atoms with Gasteiger partial charge in [-0.15, -0.1) is 0 Å². The highest BCUT2D eigenvalue weighted by molar-refractivity contribution is 5.55. The zero-order chi connectivity index (χ0) is 16.1. The second-order valence-corrected chi connectivity index (χ2v) is 4.93. The van der Waals surface area contributed by atoms with Gasteiger partial charge in [-0.3, -0.25) is 0 Å². The molecule has 0 radical (unpaired) electrons. The molecule has 118 valence electrons. The minimum atomic E-state index is 0.113. The molecule has 0 aliphatic carbocycles. The molecular formula is C17H21NO4. The molecule has 0 aliphatic heterocycles. The monoisotopic (exact) mass is 303 g/mol. The van der Waals surface area contributed by atoms with Crippen LogP contribution in [0.25, 0.3) is 0 Å². The molecule has 2 rings (SSSR count). The van der Waals surface area contributed by atoms with E-state index in [1.54, 1.807) is 33.5 Å². The lowest BCUT2D eigenvalue weighted by molar-refractivity contribution is 0.324. The molecule has 0 unspecified atom stereocenters. The molecule has 0 saturated heterocycles. The minimum Gasteiger partial charge on any atom is -0.506 e. The Bertz CT molecular complexity index is 630. The Hall–Kier alpha value is -2.56. The van der Waals surface area contributed by atoms with Crippen LogP contribution in [0.2, 0.25) is 0 Å². The molecule has 2 aromatic carbocycles. The lowest BCUT2D eigenvalue weighted by Gasteiger charge is -2.14. The van der Waals surface area contributed by atoms with E-state index in [2.05, 4.69) is 0 Å². The maximum Gasteiger partial charge on any atom is 0.203 e. The lowest BCUT2D eigenvalue weighted by Crippen LogP contribution is -1.98. The van der Waals surface area contributed by atoms with E-state index in [0.29, 0.717) is 22.9 Å². The van der Waals surface area contributed by atoms with Gasteiger partial charge in [0.25, 0.3) is 0 Å². The number of nitrogens with two attached hydrogens (primary N) is 1. The van der Waals surface area contributed by atoms with E-state index in [1.807, 2.05) is 18.2 Å². The van der Waals surface area contributed by atoms with Crippen molar-refractivity contribution in [3.8, 4) is 23.0 Å². The van der Waals surface area contributed by atoms with Crippen LogP contribution in [0.4, 0.5) is 5.69 Å². The summed E-state index contributed by atoms with van der Waals surface area (Å²) in [6.45, 7) is 0. The number of phenolic OH excluding ortho intramolecular Hbond substituents is 1. The normalized spacial score (nSPS) is 10.3. The highest BCUT2D eigenvalue weighted by Gasteiger charge is 2.13. The van der Waals surface area contributed by atoms with Crippen LogP contribution in [-0.4, -0.2) is 26.4 Å². The first kappa shape index (κ1) is 15.8. The summed E-state index contributed by atoms with van der Waals surface area (Å²) >= 11 is 0. The predicted octanol–water partition coefficient (Wildman–Crippen LogP) is 2.79. The van der Waals surface area contributed by atoms with Crippen molar-refractivity contribution < 1.29 is 19.3 Å². The van der Waals surface area contributed by atoms with Crippen LogP contribution < -0.4 is 19.9 Å². The Kier molecular flexibility index (Phi) is 4.99. The molecule has 3 N–H and O–H groups in total. The summed E-state index contributed by atoms with van der Waals surface area (Å²) in [6, 6.07) is 9.16. The molecule has 0 spiro atoms. The molecule has 0 aromatic heterocycles. The fourth-order valence-corrected chi connectivity index (χ4v) is 2.31. The maximum absolute atomic E-state index is 9.65.